The molecule has 0 unspecified atom stereocenters. The Hall–Kier alpha value is -2.40. The van der Waals surface area contributed by atoms with Gasteiger partial charge in [-0.25, -0.2) is 0 Å². The maximum atomic E-state index is 12.2. The number of amides is 2. The summed E-state index contributed by atoms with van der Waals surface area (Å²) < 4.78 is 26.3. The van der Waals surface area contributed by atoms with Gasteiger partial charge in [-0.15, -0.1) is 0 Å². The SMILES string of the molecule is COC(CNC(=O)C(=O)NC[C@H](c1ccc2c(c1)OCO2)N1CCOCC1)OC. The second-order valence-corrected chi connectivity index (χ2v) is 6.60. The van der Waals surface area contributed by atoms with E-state index in [1.807, 2.05) is 18.2 Å². The number of nitrogens with one attached hydrogen (secondary N) is 2. The van der Waals surface area contributed by atoms with Gasteiger partial charge in [-0.3, -0.25) is 14.5 Å². The lowest BCUT2D eigenvalue weighted by atomic mass is 10.0. The molecule has 0 aliphatic carbocycles. The lowest BCUT2D eigenvalue weighted by molar-refractivity contribution is -0.142. The molecule has 2 aliphatic heterocycles. The molecule has 2 heterocycles. The summed E-state index contributed by atoms with van der Waals surface area (Å²) in [6, 6.07) is 5.59. The highest BCUT2D eigenvalue weighted by Gasteiger charge is 2.26. The fourth-order valence-electron chi connectivity index (χ4n) is 3.26. The van der Waals surface area contributed by atoms with Gasteiger partial charge in [0.1, 0.15) is 0 Å². The quantitative estimate of drug-likeness (QED) is 0.443. The topological polar surface area (TPSA) is 108 Å². The van der Waals surface area contributed by atoms with E-state index in [4.69, 9.17) is 23.7 Å². The van der Waals surface area contributed by atoms with Crippen molar-refractivity contribution in [1.82, 2.24) is 15.5 Å². The molecule has 1 aromatic rings. The van der Waals surface area contributed by atoms with E-state index in [1.165, 1.54) is 14.2 Å². The van der Waals surface area contributed by atoms with Crippen molar-refractivity contribution in [2.24, 2.45) is 0 Å². The lowest BCUT2D eigenvalue weighted by Gasteiger charge is -2.35. The first-order valence-corrected chi connectivity index (χ1v) is 9.45. The van der Waals surface area contributed by atoms with Gasteiger partial charge in [0.15, 0.2) is 17.8 Å². The number of carbonyl (C=O) groups is 2. The molecule has 0 radical (unpaired) electrons. The van der Waals surface area contributed by atoms with Crippen molar-refractivity contribution < 1.29 is 33.3 Å². The van der Waals surface area contributed by atoms with Gasteiger partial charge in [0.2, 0.25) is 6.79 Å². The predicted molar refractivity (Wildman–Crippen MR) is 102 cm³/mol. The lowest BCUT2D eigenvalue weighted by Crippen LogP contribution is -2.47. The highest BCUT2D eigenvalue weighted by molar-refractivity contribution is 6.35. The summed E-state index contributed by atoms with van der Waals surface area (Å²) >= 11 is 0. The molecule has 1 saturated heterocycles. The van der Waals surface area contributed by atoms with E-state index in [9.17, 15) is 9.59 Å². The molecule has 160 valence electrons. The summed E-state index contributed by atoms with van der Waals surface area (Å²) in [4.78, 5) is 26.5. The molecule has 1 fully saturated rings. The number of hydrogen-bond donors (Lipinski definition) is 2. The van der Waals surface area contributed by atoms with E-state index in [2.05, 4.69) is 15.5 Å². The van der Waals surface area contributed by atoms with Crippen LogP contribution in [-0.2, 0) is 23.8 Å². The Labute approximate surface area is 169 Å². The third kappa shape index (κ3) is 5.57. The van der Waals surface area contributed by atoms with Gasteiger partial charge in [0, 0.05) is 33.9 Å². The Morgan fingerprint density at radius 2 is 1.69 bits per heavy atom. The van der Waals surface area contributed by atoms with Crippen LogP contribution in [0.5, 0.6) is 11.5 Å². The van der Waals surface area contributed by atoms with Crippen LogP contribution in [0.1, 0.15) is 11.6 Å². The predicted octanol–water partition coefficient (Wildman–Crippen LogP) is -0.360. The number of hydrogen-bond acceptors (Lipinski definition) is 8. The third-order valence-corrected chi connectivity index (χ3v) is 4.89. The zero-order valence-electron chi connectivity index (χ0n) is 16.6. The second-order valence-electron chi connectivity index (χ2n) is 6.60. The molecule has 0 bridgehead atoms. The number of nitrogens with zero attached hydrogens (tertiary/aromatic N) is 1. The molecule has 2 aliphatic rings. The van der Waals surface area contributed by atoms with Crippen molar-refractivity contribution in [3.8, 4) is 11.5 Å². The number of ether oxygens (including phenoxy) is 5. The molecule has 29 heavy (non-hydrogen) atoms. The van der Waals surface area contributed by atoms with Crippen molar-refractivity contribution in [3.05, 3.63) is 23.8 Å². The van der Waals surface area contributed by atoms with Crippen LogP contribution < -0.4 is 20.1 Å². The van der Waals surface area contributed by atoms with E-state index >= 15 is 0 Å². The minimum Gasteiger partial charge on any atom is -0.454 e. The van der Waals surface area contributed by atoms with Gasteiger partial charge in [-0.1, -0.05) is 6.07 Å². The number of rotatable bonds is 8. The summed E-state index contributed by atoms with van der Waals surface area (Å²) in [7, 11) is 2.91. The molecule has 1 aromatic carbocycles. The fraction of sp³-hybridized carbons (Fsp3) is 0.579. The summed E-state index contributed by atoms with van der Waals surface area (Å²) in [5.41, 5.74) is 0.968. The summed E-state index contributed by atoms with van der Waals surface area (Å²) in [6.45, 7) is 3.23. The molecular weight excluding hydrogens is 382 g/mol. The maximum absolute atomic E-state index is 12.2. The first kappa shape index (κ1) is 21.3. The Morgan fingerprint density at radius 3 is 2.38 bits per heavy atom. The van der Waals surface area contributed by atoms with Gasteiger partial charge in [0.05, 0.1) is 25.8 Å². The van der Waals surface area contributed by atoms with Crippen LogP contribution in [0.4, 0.5) is 0 Å². The minimum absolute atomic E-state index is 0.0777. The largest absolute Gasteiger partial charge is 0.454 e. The Balaban J connectivity index is 1.62. The van der Waals surface area contributed by atoms with Gasteiger partial charge < -0.3 is 34.3 Å². The van der Waals surface area contributed by atoms with Gasteiger partial charge in [-0.05, 0) is 17.7 Å². The standard InChI is InChI=1S/C19H27N3O7/c1-25-17(26-2)11-21-19(24)18(23)20-10-14(22-5-7-27-8-6-22)13-3-4-15-16(9-13)29-12-28-15/h3-4,9,14,17H,5-8,10-12H2,1-2H3,(H,20,23)(H,21,24)/t14-/m1/s1. The van der Waals surface area contributed by atoms with Crippen LogP contribution in [-0.4, -0.2) is 83.4 Å². The molecule has 1 atom stereocenters. The van der Waals surface area contributed by atoms with Crippen molar-refractivity contribution in [2.75, 3.05) is 60.4 Å². The van der Waals surface area contributed by atoms with Crippen LogP contribution >= 0.6 is 0 Å². The number of fused-ring (bicyclic) bond motifs is 1. The van der Waals surface area contributed by atoms with Crippen LogP contribution in [0.15, 0.2) is 18.2 Å². The Kier molecular flexibility index (Phi) is 7.64. The van der Waals surface area contributed by atoms with Crippen LogP contribution in [0.25, 0.3) is 0 Å². The molecule has 10 heteroatoms. The number of benzene rings is 1. The van der Waals surface area contributed by atoms with Crippen molar-refractivity contribution >= 4 is 11.8 Å². The maximum Gasteiger partial charge on any atom is 0.309 e. The number of carbonyl (C=O) groups excluding carboxylic acids is 2. The summed E-state index contributed by atoms with van der Waals surface area (Å²) in [5.74, 6) is -0.0794. The average molecular weight is 409 g/mol. The van der Waals surface area contributed by atoms with E-state index < -0.39 is 18.1 Å². The molecule has 0 spiro atoms. The molecule has 10 nitrogen and oxygen atoms in total. The highest BCUT2D eigenvalue weighted by atomic mass is 16.7. The first-order chi connectivity index (χ1) is 14.1. The molecule has 2 N–H and O–H groups in total. The summed E-state index contributed by atoms with van der Waals surface area (Å²) in [5, 5.41) is 5.21. The minimum atomic E-state index is -0.740. The zero-order chi connectivity index (χ0) is 20.6. The van der Waals surface area contributed by atoms with Crippen molar-refractivity contribution in [1.29, 1.82) is 0 Å². The number of methoxy groups -OCH3 is 2. The van der Waals surface area contributed by atoms with Gasteiger partial charge in [-0.2, -0.15) is 0 Å². The number of morpholine rings is 1. The highest BCUT2D eigenvalue weighted by Crippen LogP contribution is 2.35. The zero-order valence-corrected chi connectivity index (χ0v) is 16.6. The Morgan fingerprint density at radius 1 is 1.03 bits per heavy atom. The smallest absolute Gasteiger partial charge is 0.309 e. The van der Waals surface area contributed by atoms with E-state index in [1.54, 1.807) is 0 Å². The normalized spacial score (nSPS) is 17.2. The fourth-order valence-corrected chi connectivity index (χ4v) is 3.26. The first-order valence-electron chi connectivity index (χ1n) is 9.45. The van der Waals surface area contributed by atoms with Crippen LogP contribution in [0.2, 0.25) is 0 Å². The van der Waals surface area contributed by atoms with Crippen LogP contribution in [0.3, 0.4) is 0 Å². The molecule has 0 aromatic heterocycles. The monoisotopic (exact) mass is 409 g/mol. The third-order valence-electron chi connectivity index (χ3n) is 4.89. The Bertz CT molecular complexity index is 705. The second kappa shape index (κ2) is 10.4. The van der Waals surface area contributed by atoms with E-state index in [0.717, 1.165) is 18.7 Å². The van der Waals surface area contributed by atoms with Crippen LogP contribution in [0, 0.1) is 0 Å². The summed E-state index contributed by atoms with van der Waals surface area (Å²) in [6.07, 6.45) is -0.610. The van der Waals surface area contributed by atoms with Gasteiger partial charge >= 0.3 is 11.8 Å². The molecule has 0 saturated carbocycles. The van der Waals surface area contributed by atoms with E-state index in [0.29, 0.717) is 24.7 Å². The van der Waals surface area contributed by atoms with Gasteiger partial charge in [0.25, 0.3) is 0 Å². The molecular formula is C19H27N3O7. The van der Waals surface area contributed by atoms with Crippen molar-refractivity contribution in [2.45, 2.75) is 12.3 Å². The van der Waals surface area contributed by atoms with E-state index in [-0.39, 0.29) is 25.9 Å². The molecule has 2 amide bonds. The average Bonchev–Trinajstić information content (AvgIpc) is 3.23. The molecule has 3 rings (SSSR count). The van der Waals surface area contributed by atoms with Crippen molar-refractivity contribution in [3.63, 3.8) is 0 Å².